The molecule has 0 aliphatic heterocycles. The van der Waals surface area contributed by atoms with E-state index in [0.717, 1.165) is 6.16 Å². The normalized spacial score (nSPS) is 16.0. The van der Waals surface area contributed by atoms with E-state index >= 15 is 0 Å². The number of esters is 1. The van der Waals surface area contributed by atoms with Crippen LogP contribution in [0, 0.1) is 11.8 Å². The fraction of sp³-hybridized carbons (Fsp3) is 0.857. The van der Waals surface area contributed by atoms with Crippen LogP contribution in [0.15, 0.2) is 0 Å². The Balaban J connectivity index is 3.81. The zero-order chi connectivity index (χ0) is 8.15. The van der Waals surface area contributed by atoms with Gasteiger partial charge in [-0.05, 0) is 12.1 Å². The number of methoxy groups -OCH3 is 1. The summed E-state index contributed by atoms with van der Waals surface area (Å²) < 4.78 is 4.59. The molecule has 0 aliphatic carbocycles. The maximum absolute atomic E-state index is 10.9. The Morgan fingerprint density at radius 2 is 2.10 bits per heavy atom. The van der Waals surface area contributed by atoms with Gasteiger partial charge in [-0.3, -0.25) is 4.79 Å². The molecule has 0 amide bonds. The molecule has 0 spiro atoms. The third-order valence-electron chi connectivity index (χ3n) is 1.80. The van der Waals surface area contributed by atoms with Gasteiger partial charge in [-0.15, -0.1) is 9.24 Å². The van der Waals surface area contributed by atoms with Gasteiger partial charge in [0.25, 0.3) is 0 Å². The predicted molar refractivity (Wildman–Crippen MR) is 44.9 cm³/mol. The summed E-state index contributed by atoms with van der Waals surface area (Å²) in [6.07, 6.45) is 0.941. The summed E-state index contributed by atoms with van der Waals surface area (Å²) in [5, 5.41) is 0. The minimum absolute atomic E-state index is 0.0162. The zero-order valence-electron chi connectivity index (χ0n) is 6.76. The largest absolute Gasteiger partial charge is 0.469 e. The molecule has 0 aromatic heterocycles. The average molecular weight is 162 g/mol. The molecule has 0 fully saturated rings. The molecular formula is C7H15O2P. The van der Waals surface area contributed by atoms with Crippen molar-refractivity contribution in [1.82, 2.24) is 0 Å². The Hall–Kier alpha value is -0.100. The van der Waals surface area contributed by atoms with Gasteiger partial charge in [-0.2, -0.15) is 0 Å². The molecular weight excluding hydrogens is 147 g/mol. The first kappa shape index (κ1) is 9.90. The highest BCUT2D eigenvalue weighted by molar-refractivity contribution is 7.16. The molecule has 0 saturated carbocycles. The molecule has 2 nitrogen and oxygen atoms in total. The molecule has 0 bridgehead atoms. The Labute approximate surface area is 64.5 Å². The van der Waals surface area contributed by atoms with E-state index in [-0.39, 0.29) is 11.9 Å². The molecule has 0 radical (unpaired) electrons. The zero-order valence-corrected chi connectivity index (χ0v) is 7.91. The van der Waals surface area contributed by atoms with Crippen molar-refractivity contribution in [3.05, 3.63) is 0 Å². The molecule has 0 heterocycles. The third kappa shape index (κ3) is 2.66. The fourth-order valence-electron chi connectivity index (χ4n) is 0.622. The molecule has 0 N–H and O–H groups in total. The lowest BCUT2D eigenvalue weighted by Gasteiger charge is -2.14. The molecule has 3 heteroatoms. The second-order valence-corrected chi connectivity index (χ2v) is 3.00. The second-order valence-electron chi connectivity index (χ2n) is 2.52. The highest BCUT2D eigenvalue weighted by Gasteiger charge is 2.18. The van der Waals surface area contributed by atoms with Crippen LogP contribution in [0.1, 0.15) is 13.8 Å². The first-order valence-corrected chi connectivity index (χ1v) is 4.23. The van der Waals surface area contributed by atoms with E-state index in [0.29, 0.717) is 5.92 Å². The molecule has 3 atom stereocenters. The topological polar surface area (TPSA) is 26.3 Å². The Bertz CT molecular complexity index is 114. The van der Waals surface area contributed by atoms with Crippen LogP contribution in [0.3, 0.4) is 0 Å². The Kier molecular flexibility index (Phi) is 4.63. The second kappa shape index (κ2) is 4.68. The molecule has 0 aromatic rings. The van der Waals surface area contributed by atoms with Crippen LogP contribution >= 0.6 is 9.24 Å². The average Bonchev–Trinajstić information content (AvgIpc) is 2.00. The number of hydrogen-bond acceptors (Lipinski definition) is 2. The van der Waals surface area contributed by atoms with Crippen molar-refractivity contribution < 1.29 is 9.53 Å². The van der Waals surface area contributed by atoms with E-state index < -0.39 is 0 Å². The number of rotatable bonds is 3. The van der Waals surface area contributed by atoms with Crippen molar-refractivity contribution in [2.75, 3.05) is 13.3 Å². The van der Waals surface area contributed by atoms with Gasteiger partial charge in [0.05, 0.1) is 13.0 Å². The Morgan fingerprint density at radius 3 is 2.40 bits per heavy atom. The van der Waals surface area contributed by atoms with Gasteiger partial charge in [-0.25, -0.2) is 0 Å². The van der Waals surface area contributed by atoms with Crippen molar-refractivity contribution in [3.8, 4) is 0 Å². The summed E-state index contributed by atoms with van der Waals surface area (Å²) in [5.41, 5.74) is 0. The summed E-state index contributed by atoms with van der Waals surface area (Å²) >= 11 is 0. The van der Waals surface area contributed by atoms with Crippen molar-refractivity contribution in [1.29, 1.82) is 0 Å². The molecule has 10 heavy (non-hydrogen) atoms. The van der Waals surface area contributed by atoms with Crippen LogP contribution in [0.5, 0.6) is 0 Å². The van der Waals surface area contributed by atoms with Crippen LogP contribution in [-0.2, 0) is 9.53 Å². The SMILES string of the molecule is COC(=O)C(C)C(C)CP. The monoisotopic (exact) mass is 162 g/mol. The van der Waals surface area contributed by atoms with Crippen LogP contribution in [0.25, 0.3) is 0 Å². The standard InChI is InChI=1S/C7H15O2P/c1-5(4-10)6(2)7(8)9-3/h5-6H,4,10H2,1-3H3. The lowest BCUT2D eigenvalue weighted by atomic mass is 9.98. The van der Waals surface area contributed by atoms with E-state index in [1.54, 1.807) is 0 Å². The predicted octanol–water partition coefficient (Wildman–Crippen LogP) is 1.31. The third-order valence-corrected chi connectivity index (χ3v) is 2.54. The minimum Gasteiger partial charge on any atom is -0.469 e. The van der Waals surface area contributed by atoms with Gasteiger partial charge >= 0.3 is 5.97 Å². The van der Waals surface area contributed by atoms with Gasteiger partial charge in [0.2, 0.25) is 0 Å². The molecule has 0 rings (SSSR count). The molecule has 0 aliphatic rings. The van der Waals surface area contributed by atoms with Crippen molar-refractivity contribution >= 4 is 15.2 Å². The summed E-state index contributed by atoms with van der Waals surface area (Å²) in [5.74, 6) is 0.287. The number of hydrogen-bond donors (Lipinski definition) is 0. The molecule has 60 valence electrons. The molecule has 0 aromatic carbocycles. The van der Waals surface area contributed by atoms with Gasteiger partial charge in [0.1, 0.15) is 0 Å². The minimum atomic E-state index is -0.116. The fourth-order valence-corrected chi connectivity index (χ4v) is 1.03. The maximum atomic E-state index is 10.9. The summed E-state index contributed by atoms with van der Waals surface area (Å²) in [7, 11) is 4.05. The lowest BCUT2D eigenvalue weighted by Crippen LogP contribution is -2.20. The lowest BCUT2D eigenvalue weighted by molar-refractivity contribution is -0.146. The summed E-state index contributed by atoms with van der Waals surface area (Å²) in [6.45, 7) is 3.93. The number of ether oxygens (including phenoxy) is 1. The van der Waals surface area contributed by atoms with Crippen molar-refractivity contribution in [3.63, 3.8) is 0 Å². The number of carbonyl (C=O) groups is 1. The van der Waals surface area contributed by atoms with Crippen LogP contribution in [0.2, 0.25) is 0 Å². The molecule has 0 saturated heterocycles. The smallest absolute Gasteiger partial charge is 0.308 e. The maximum Gasteiger partial charge on any atom is 0.308 e. The summed E-state index contributed by atoms with van der Waals surface area (Å²) in [6, 6.07) is 0. The molecule has 3 unspecified atom stereocenters. The van der Waals surface area contributed by atoms with E-state index in [1.807, 2.05) is 13.8 Å². The van der Waals surface area contributed by atoms with Crippen molar-refractivity contribution in [2.45, 2.75) is 13.8 Å². The van der Waals surface area contributed by atoms with E-state index in [4.69, 9.17) is 0 Å². The first-order valence-electron chi connectivity index (χ1n) is 3.41. The van der Waals surface area contributed by atoms with Gasteiger partial charge in [-0.1, -0.05) is 13.8 Å². The van der Waals surface area contributed by atoms with E-state index in [2.05, 4.69) is 14.0 Å². The highest BCUT2D eigenvalue weighted by Crippen LogP contribution is 2.14. The number of carbonyl (C=O) groups excluding carboxylic acids is 1. The van der Waals surface area contributed by atoms with Crippen molar-refractivity contribution in [2.24, 2.45) is 11.8 Å². The van der Waals surface area contributed by atoms with Crippen LogP contribution in [-0.4, -0.2) is 19.2 Å². The van der Waals surface area contributed by atoms with Crippen LogP contribution < -0.4 is 0 Å². The first-order chi connectivity index (χ1) is 4.63. The van der Waals surface area contributed by atoms with E-state index in [1.165, 1.54) is 7.11 Å². The van der Waals surface area contributed by atoms with Crippen LogP contribution in [0.4, 0.5) is 0 Å². The Morgan fingerprint density at radius 1 is 1.60 bits per heavy atom. The van der Waals surface area contributed by atoms with Gasteiger partial charge < -0.3 is 4.74 Å². The summed E-state index contributed by atoms with van der Waals surface area (Å²) in [4.78, 5) is 10.9. The quantitative estimate of drug-likeness (QED) is 0.462. The van der Waals surface area contributed by atoms with E-state index in [9.17, 15) is 4.79 Å². The van der Waals surface area contributed by atoms with Gasteiger partial charge in [0, 0.05) is 0 Å². The van der Waals surface area contributed by atoms with Gasteiger partial charge in [0.15, 0.2) is 0 Å². The highest BCUT2D eigenvalue weighted by atomic mass is 31.0.